The molecule has 0 fully saturated rings. The lowest BCUT2D eigenvalue weighted by molar-refractivity contribution is -0.123. The Morgan fingerprint density at radius 1 is 1.03 bits per heavy atom. The van der Waals surface area contributed by atoms with E-state index in [1.54, 1.807) is 7.11 Å². The third-order valence-electron chi connectivity index (χ3n) is 4.73. The van der Waals surface area contributed by atoms with Crippen molar-refractivity contribution in [3.8, 4) is 5.75 Å². The number of hydrogen-bond acceptors (Lipinski definition) is 4. The fraction of sp³-hybridized carbons (Fsp3) is 0.417. The average molecular weight is 476 g/mol. The summed E-state index contributed by atoms with van der Waals surface area (Å²) in [6.45, 7) is 7.27. The number of halogens is 1. The first-order valence-corrected chi connectivity index (χ1v) is 10.8. The normalized spacial score (nSPS) is 13.3. The van der Waals surface area contributed by atoms with Crippen LogP contribution in [-0.2, 0) is 16.0 Å². The third-order valence-corrected chi connectivity index (χ3v) is 5.26. The molecule has 1 amide bonds. The van der Waals surface area contributed by atoms with Gasteiger partial charge in [-0.2, -0.15) is 0 Å². The number of benzene rings is 2. The summed E-state index contributed by atoms with van der Waals surface area (Å²) < 4.78 is 11.6. The van der Waals surface area contributed by atoms with Gasteiger partial charge in [-0.1, -0.05) is 47.1 Å². The van der Waals surface area contributed by atoms with Crippen molar-refractivity contribution < 1.29 is 19.1 Å². The number of hydrogen-bond donors (Lipinski definition) is 1. The lowest BCUT2D eigenvalue weighted by atomic mass is 9.88. The van der Waals surface area contributed by atoms with E-state index in [9.17, 15) is 9.59 Å². The molecule has 0 saturated heterocycles. The van der Waals surface area contributed by atoms with Crippen LogP contribution in [0.2, 0.25) is 0 Å². The van der Waals surface area contributed by atoms with E-state index < -0.39 is 23.7 Å². The van der Waals surface area contributed by atoms with Crippen LogP contribution in [0.4, 0.5) is 4.79 Å². The van der Waals surface area contributed by atoms with Crippen molar-refractivity contribution in [1.82, 2.24) is 5.32 Å². The summed E-state index contributed by atoms with van der Waals surface area (Å²) in [7, 11) is 1.60. The van der Waals surface area contributed by atoms with Gasteiger partial charge in [-0.05, 0) is 62.6 Å². The van der Waals surface area contributed by atoms with Crippen LogP contribution in [-0.4, -0.2) is 24.6 Å². The van der Waals surface area contributed by atoms with Crippen LogP contribution < -0.4 is 10.1 Å². The summed E-state index contributed by atoms with van der Waals surface area (Å²) in [6.07, 6.45) is 0.500. The van der Waals surface area contributed by atoms with Crippen LogP contribution in [0.15, 0.2) is 53.0 Å². The minimum Gasteiger partial charge on any atom is -0.497 e. The van der Waals surface area contributed by atoms with E-state index in [1.807, 2.05) is 76.2 Å². The molecule has 2 rings (SSSR count). The summed E-state index contributed by atoms with van der Waals surface area (Å²) in [6, 6.07) is 14.8. The first-order valence-electron chi connectivity index (χ1n) is 9.99. The molecule has 30 heavy (non-hydrogen) atoms. The first kappa shape index (κ1) is 23.9. The van der Waals surface area contributed by atoms with Gasteiger partial charge < -0.3 is 14.8 Å². The maximum atomic E-state index is 13.0. The van der Waals surface area contributed by atoms with E-state index in [4.69, 9.17) is 9.47 Å². The zero-order valence-corrected chi connectivity index (χ0v) is 19.8. The molecule has 6 heteroatoms. The highest BCUT2D eigenvalue weighted by Crippen LogP contribution is 2.27. The number of nitrogens with one attached hydrogen (secondary N) is 1. The number of ketones is 1. The van der Waals surface area contributed by atoms with Gasteiger partial charge in [0.05, 0.1) is 13.2 Å². The first-order chi connectivity index (χ1) is 14.1. The van der Waals surface area contributed by atoms with Gasteiger partial charge in [0.1, 0.15) is 17.1 Å². The summed E-state index contributed by atoms with van der Waals surface area (Å²) in [5.41, 5.74) is 1.30. The van der Waals surface area contributed by atoms with Gasteiger partial charge in [-0.3, -0.25) is 4.79 Å². The number of methoxy groups -OCH3 is 1. The fourth-order valence-electron chi connectivity index (χ4n) is 3.07. The second-order valence-electron chi connectivity index (χ2n) is 8.28. The zero-order valence-electron chi connectivity index (χ0n) is 18.2. The minimum atomic E-state index is -0.622. The molecule has 0 radical (unpaired) electrons. The smallest absolute Gasteiger partial charge is 0.408 e. The number of Topliss-reactive ketones (excluding diaryl/α,β-unsaturated/α-hetero) is 1. The molecule has 0 aliphatic rings. The van der Waals surface area contributed by atoms with Crippen LogP contribution in [0.5, 0.6) is 5.75 Å². The monoisotopic (exact) mass is 475 g/mol. The average Bonchev–Trinajstić information content (AvgIpc) is 2.69. The molecule has 5 nitrogen and oxygen atoms in total. The summed E-state index contributed by atoms with van der Waals surface area (Å²) >= 11 is 3.42. The highest BCUT2D eigenvalue weighted by Gasteiger charge is 2.28. The summed E-state index contributed by atoms with van der Waals surface area (Å²) in [5.74, 6) is 0.375. The Morgan fingerprint density at radius 2 is 1.63 bits per heavy atom. The Labute approximate surface area is 187 Å². The van der Waals surface area contributed by atoms with Crippen molar-refractivity contribution in [1.29, 1.82) is 0 Å². The Morgan fingerprint density at radius 3 is 2.17 bits per heavy atom. The number of carbonyl (C=O) groups excluding carboxylic acids is 2. The van der Waals surface area contributed by atoms with Gasteiger partial charge in [-0.15, -0.1) is 0 Å². The number of ether oxygens (including phenoxy) is 2. The maximum Gasteiger partial charge on any atom is 0.408 e. The second-order valence-corrected chi connectivity index (χ2v) is 9.19. The standard InChI is InChI=1S/C24H30BrNO4/c1-16(21(27)15-8-17-6-11-19(25)12-7-17)22(26-23(28)30-24(2,3)4)18-9-13-20(29-5)14-10-18/h6-7,9-14,16,22H,8,15H2,1-5H3,(H,26,28). The van der Waals surface area contributed by atoms with Gasteiger partial charge in [-0.25, -0.2) is 4.79 Å². The molecule has 2 unspecified atom stereocenters. The van der Waals surface area contributed by atoms with Gasteiger partial charge in [0.2, 0.25) is 0 Å². The van der Waals surface area contributed by atoms with Crippen molar-refractivity contribution in [2.75, 3.05) is 7.11 Å². The molecule has 2 aromatic carbocycles. The molecule has 0 spiro atoms. The van der Waals surface area contributed by atoms with Crippen LogP contribution in [0.25, 0.3) is 0 Å². The van der Waals surface area contributed by atoms with Crippen molar-refractivity contribution in [3.05, 3.63) is 64.1 Å². The Bertz CT molecular complexity index is 841. The molecular weight excluding hydrogens is 446 g/mol. The van der Waals surface area contributed by atoms with Crippen LogP contribution in [0, 0.1) is 5.92 Å². The van der Waals surface area contributed by atoms with Gasteiger partial charge in [0.25, 0.3) is 0 Å². The molecular formula is C24H30BrNO4. The van der Waals surface area contributed by atoms with Crippen LogP contribution in [0.3, 0.4) is 0 Å². The molecule has 2 atom stereocenters. The van der Waals surface area contributed by atoms with Crippen LogP contribution in [0.1, 0.15) is 51.3 Å². The van der Waals surface area contributed by atoms with Gasteiger partial charge in [0.15, 0.2) is 0 Å². The number of alkyl carbamates (subject to hydrolysis) is 1. The molecule has 0 aliphatic carbocycles. The molecule has 2 aromatic rings. The second kappa shape index (κ2) is 10.6. The van der Waals surface area contributed by atoms with Crippen molar-refractivity contribution >= 4 is 27.8 Å². The maximum absolute atomic E-state index is 13.0. The van der Waals surface area contributed by atoms with Gasteiger partial charge >= 0.3 is 6.09 Å². The predicted octanol–water partition coefficient (Wildman–Crippen LogP) is 5.86. The molecule has 162 valence electrons. The Hall–Kier alpha value is -2.34. The molecule has 1 N–H and O–H groups in total. The van der Waals surface area contributed by atoms with Crippen molar-refractivity contribution in [3.63, 3.8) is 0 Å². The number of carbonyl (C=O) groups is 2. The minimum absolute atomic E-state index is 0.0785. The summed E-state index contributed by atoms with van der Waals surface area (Å²) in [4.78, 5) is 25.4. The van der Waals surface area contributed by atoms with Crippen LogP contribution >= 0.6 is 15.9 Å². The largest absolute Gasteiger partial charge is 0.497 e. The predicted molar refractivity (Wildman–Crippen MR) is 122 cm³/mol. The van der Waals surface area contributed by atoms with E-state index in [0.717, 1.165) is 15.6 Å². The van der Waals surface area contributed by atoms with E-state index in [2.05, 4.69) is 21.2 Å². The number of amides is 1. The Kier molecular flexibility index (Phi) is 8.47. The quantitative estimate of drug-likeness (QED) is 0.518. The zero-order chi connectivity index (χ0) is 22.3. The molecule has 0 bridgehead atoms. The molecule has 0 saturated carbocycles. The molecule has 0 aliphatic heterocycles. The van der Waals surface area contributed by atoms with E-state index in [0.29, 0.717) is 18.6 Å². The number of aryl methyl sites for hydroxylation is 1. The van der Waals surface area contributed by atoms with E-state index >= 15 is 0 Å². The number of rotatable bonds is 8. The lowest BCUT2D eigenvalue weighted by Gasteiger charge is -2.27. The van der Waals surface area contributed by atoms with E-state index in [-0.39, 0.29) is 5.78 Å². The lowest BCUT2D eigenvalue weighted by Crippen LogP contribution is -2.39. The third kappa shape index (κ3) is 7.48. The van der Waals surface area contributed by atoms with Gasteiger partial charge in [0, 0.05) is 16.8 Å². The van der Waals surface area contributed by atoms with E-state index in [1.165, 1.54) is 0 Å². The molecule has 0 aromatic heterocycles. The fourth-order valence-corrected chi connectivity index (χ4v) is 3.34. The molecule has 0 heterocycles. The summed E-state index contributed by atoms with van der Waals surface area (Å²) in [5, 5.41) is 2.88. The SMILES string of the molecule is COc1ccc(C(NC(=O)OC(C)(C)C)C(C)C(=O)CCc2ccc(Br)cc2)cc1. The Balaban J connectivity index is 2.14. The highest BCUT2D eigenvalue weighted by molar-refractivity contribution is 9.10. The van der Waals surface area contributed by atoms with Crippen molar-refractivity contribution in [2.24, 2.45) is 5.92 Å². The highest BCUT2D eigenvalue weighted by atomic mass is 79.9. The topological polar surface area (TPSA) is 64.6 Å². The van der Waals surface area contributed by atoms with Crippen molar-refractivity contribution in [2.45, 2.75) is 52.2 Å².